The van der Waals surface area contributed by atoms with Crippen LogP contribution in [-0.2, 0) is 11.2 Å². The van der Waals surface area contributed by atoms with Crippen molar-refractivity contribution in [1.29, 1.82) is 5.26 Å². The summed E-state index contributed by atoms with van der Waals surface area (Å²) in [5, 5.41) is 21.7. The minimum absolute atomic E-state index is 0.0895. The lowest BCUT2D eigenvalue weighted by atomic mass is 10.1. The molecule has 0 spiro atoms. The van der Waals surface area contributed by atoms with Gasteiger partial charge < -0.3 is 20.4 Å². The van der Waals surface area contributed by atoms with Crippen LogP contribution in [0.3, 0.4) is 0 Å². The Labute approximate surface area is 230 Å². The summed E-state index contributed by atoms with van der Waals surface area (Å²) >= 11 is 0. The van der Waals surface area contributed by atoms with Crippen molar-refractivity contribution in [3.05, 3.63) is 114 Å². The summed E-state index contributed by atoms with van der Waals surface area (Å²) in [5.74, 6) is 1.37. The van der Waals surface area contributed by atoms with E-state index in [9.17, 15) is 10.1 Å². The van der Waals surface area contributed by atoms with Gasteiger partial charge in [0, 0.05) is 34.8 Å². The van der Waals surface area contributed by atoms with Gasteiger partial charge in [-0.25, -0.2) is 4.52 Å². The van der Waals surface area contributed by atoms with E-state index in [2.05, 4.69) is 32.9 Å². The van der Waals surface area contributed by atoms with E-state index in [1.54, 1.807) is 10.7 Å². The van der Waals surface area contributed by atoms with Crippen molar-refractivity contribution in [2.75, 3.05) is 10.6 Å². The minimum Gasteiger partial charge on any atom is -0.457 e. The van der Waals surface area contributed by atoms with Crippen LogP contribution < -0.4 is 15.4 Å². The van der Waals surface area contributed by atoms with E-state index in [0.717, 1.165) is 39.0 Å². The van der Waals surface area contributed by atoms with Gasteiger partial charge in [-0.1, -0.05) is 36.4 Å². The predicted molar refractivity (Wildman–Crippen MR) is 156 cm³/mol. The lowest BCUT2D eigenvalue weighted by Crippen LogP contribution is -2.12. The molecule has 8 nitrogen and oxygen atoms in total. The number of benzene rings is 3. The zero-order valence-electron chi connectivity index (χ0n) is 21.8. The monoisotopic (exact) mass is 526 g/mol. The third-order valence-electron chi connectivity index (χ3n) is 6.85. The van der Waals surface area contributed by atoms with Crippen molar-refractivity contribution in [2.24, 2.45) is 0 Å². The van der Waals surface area contributed by atoms with Gasteiger partial charge in [-0.15, -0.1) is 0 Å². The van der Waals surface area contributed by atoms with Crippen molar-refractivity contribution < 1.29 is 9.53 Å². The number of nitrogens with one attached hydrogen (secondary N) is 3. The van der Waals surface area contributed by atoms with Gasteiger partial charge in [0.05, 0.1) is 34.8 Å². The third-order valence-corrected chi connectivity index (χ3v) is 6.85. The number of aromatic nitrogens is 3. The fourth-order valence-corrected chi connectivity index (χ4v) is 4.80. The number of rotatable bonds is 8. The molecule has 0 unspecified atom stereocenters. The number of ether oxygens (including phenoxy) is 1. The van der Waals surface area contributed by atoms with Gasteiger partial charge in [-0.2, -0.15) is 10.4 Å². The number of para-hydroxylation sites is 2. The number of amides is 1. The zero-order valence-corrected chi connectivity index (χ0v) is 21.8. The highest BCUT2D eigenvalue weighted by Crippen LogP contribution is 2.33. The highest BCUT2D eigenvalue weighted by molar-refractivity contribution is 5.96. The number of hydrogen-bond acceptors (Lipinski definition) is 5. The second-order valence-electron chi connectivity index (χ2n) is 9.48. The SMILES string of the molecule is Cc1c(NC(=O)CCc2c[nH]c3ccccc23)cn2ncc(C#N)c(Nc3ccc(Oc4ccccc4)cc3)c12. The zero-order chi connectivity index (χ0) is 27.5. The molecular weight excluding hydrogens is 500 g/mol. The van der Waals surface area contributed by atoms with Gasteiger partial charge in [0.15, 0.2) is 0 Å². The van der Waals surface area contributed by atoms with Gasteiger partial charge in [-0.3, -0.25) is 4.79 Å². The van der Waals surface area contributed by atoms with Gasteiger partial charge in [0.2, 0.25) is 5.91 Å². The number of fused-ring (bicyclic) bond motifs is 2. The molecule has 0 aliphatic heterocycles. The van der Waals surface area contributed by atoms with E-state index in [1.165, 1.54) is 6.20 Å². The molecule has 3 heterocycles. The van der Waals surface area contributed by atoms with Crippen LogP contribution in [0.25, 0.3) is 16.4 Å². The largest absolute Gasteiger partial charge is 0.457 e. The van der Waals surface area contributed by atoms with Crippen LogP contribution in [0.4, 0.5) is 17.1 Å². The Morgan fingerprint density at radius 1 is 1.02 bits per heavy atom. The summed E-state index contributed by atoms with van der Waals surface area (Å²) in [6.07, 6.45) is 6.21. The molecule has 0 saturated carbocycles. The van der Waals surface area contributed by atoms with Crippen molar-refractivity contribution >= 4 is 39.4 Å². The molecule has 3 aromatic carbocycles. The van der Waals surface area contributed by atoms with Crippen LogP contribution in [0.1, 0.15) is 23.1 Å². The summed E-state index contributed by atoms with van der Waals surface area (Å²) in [6.45, 7) is 1.91. The molecule has 0 saturated heterocycles. The molecule has 0 atom stereocenters. The fraction of sp³-hybridized carbons (Fsp3) is 0.0938. The topological polar surface area (TPSA) is 107 Å². The van der Waals surface area contributed by atoms with Gasteiger partial charge >= 0.3 is 0 Å². The molecule has 0 radical (unpaired) electrons. The van der Waals surface area contributed by atoms with Gasteiger partial charge in [0.1, 0.15) is 17.6 Å². The van der Waals surface area contributed by atoms with Crippen molar-refractivity contribution in [3.63, 3.8) is 0 Å². The van der Waals surface area contributed by atoms with Crippen LogP contribution >= 0.6 is 0 Å². The molecule has 196 valence electrons. The molecule has 8 heteroatoms. The highest BCUT2D eigenvalue weighted by atomic mass is 16.5. The lowest BCUT2D eigenvalue weighted by Gasteiger charge is -2.12. The summed E-state index contributed by atoms with van der Waals surface area (Å²) in [5.41, 5.74) is 6.16. The number of H-pyrrole nitrogens is 1. The van der Waals surface area contributed by atoms with Crippen LogP contribution in [-0.4, -0.2) is 20.5 Å². The Hall–Kier alpha value is -5.55. The average molecular weight is 527 g/mol. The van der Waals surface area contributed by atoms with E-state index in [0.29, 0.717) is 35.5 Å². The average Bonchev–Trinajstić information content (AvgIpc) is 3.54. The van der Waals surface area contributed by atoms with E-state index in [1.807, 2.05) is 85.9 Å². The third kappa shape index (κ3) is 4.96. The quantitative estimate of drug-likeness (QED) is 0.196. The van der Waals surface area contributed by atoms with E-state index < -0.39 is 0 Å². The maximum absolute atomic E-state index is 12.9. The summed E-state index contributed by atoms with van der Waals surface area (Å²) < 4.78 is 7.57. The lowest BCUT2D eigenvalue weighted by molar-refractivity contribution is -0.116. The second kappa shape index (κ2) is 10.7. The molecule has 3 N–H and O–H groups in total. The molecule has 0 aliphatic carbocycles. The van der Waals surface area contributed by atoms with Crippen LogP contribution in [0, 0.1) is 18.3 Å². The van der Waals surface area contributed by atoms with Crippen molar-refractivity contribution in [3.8, 4) is 17.6 Å². The second-order valence-corrected chi connectivity index (χ2v) is 9.48. The van der Waals surface area contributed by atoms with E-state index in [-0.39, 0.29) is 5.91 Å². The standard InChI is InChI=1S/C32H26N6O2/c1-21-29(37-30(39)16-11-22-18-34-28-10-6-5-9-27(22)28)20-38-32(21)31(23(17-33)19-35-38)36-24-12-14-26(15-13-24)40-25-7-3-2-4-8-25/h2-10,12-15,18-20,34,36H,11,16H2,1H3,(H,37,39). The Kier molecular flexibility index (Phi) is 6.61. The first-order chi connectivity index (χ1) is 19.6. The van der Waals surface area contributed by atoms with Gasteiger partial charge in [0.25, 0.3) is 0 Å². The normalized spacial score (nSPS) is 10.9. The predicted octanol–water partition coefficient (Wildman–Crippen LogP) is 7.10. The van der Waals surface area contributed by atoms with Crippen molar-refractivity contribution in [1.82, 2.24) is 14.6 Å². The molecule has 6 rings (SSSR count). The Morgan fingerprint density at radius 2 is 1.77 bits per heavy atom. The van der Waals surface area contributed by atoms with Gasteiger partial charge in [-0.05, 0) is 61.4 Å². The molecule has 6 aromatic rings. The first-order valence-corrected chi connectivity index (χ1v) is 12.9. The fourth-order valence-electron chi connectivity index (χ4n) is 4.80. The number of hydrogen-bond donors (Lipinski definition) is 3. The highest BCUT2D eigenvalue weighted by Gasteiger charge is 2.18. The molecule has 0 fully saturated rings. The Morgan fingerprint density at radius 3 is 2.58 bits per heavy atom. The maximum atomic E-state index is 12.9. The van der Waals surface area contributed by atoms with E-state index >= 15 is 0 Å². The minimum atomic E-state index is -0.0895. The summed E-state index contributed by atoms with van der Waals surface area (Å²) in [6, 6.07) is 27.4. The number of carbonyl (C=O) groups is 1. The number of anilines is 3. The number of nitriles is 1. The summed E-state index contributed by atoms with van der Waals surface area (Å²) in [4.78, 5) is 16.2. The molecule has 40 heavy (non-hydrogen) atoms. The summed E-state index contributed by atoms with van der Waals surface area (Å²) in [7, 11) is 0. The number of carbonyl (C=O) groups excluding carboxylic acids is 1. The molecule has 0 aliphatic rings. The first-order valence-electron chi connectivity index (χ1n) is 12.9. The Bertz CT molecular complexity index is 1860. The van der Waals surface area contributed by atoms with Crippen LogP contribution in [0.5, 0.6) is 11.5 Å². The molecule has 1 amide bonds. The van der Waals surface area contributed by atoms with Crippen LogP contribution in [0.2, 0.25) is 0 Å². The smallest absolute Gasteiger partial charge is 0.224 e. The maximum Gasteiger partial charge on any atom is 0.224 e. The first kappa shape index (κ1) is 24.8. The molecule has 0 bridgehead atoms. The number of aryl methyl sites for hydroxylation is 2. The molecule has 3 aromatic heterocycles. The Balaban J connectivity index is 1.20. The molecular formula is C32H26N6O2. The van der Waals surface area contributed by atoms with Crippen LogP contribution in [0.15, 0.2) is 97.5 Å². The van der Waals surface area contributed by atoms with Crippen molar-refractivity contribution in [2.45, 2.75) is 19.8 Å². The number of nitrogens with zero attached hydrogens (tertiary/aromatic N) is 3. The van der Waals surface area contributed by atoms with E-state index in [4.69, 9.17) is 4.74 Å². The number of aromatic amines is 1.